The van der Waals surface area contributed by atoms with E-state index in [1.54, 1.807) is 0 Å². The van der Waals surface area contributed by atoms with Crippen LogP contribution in [0.4, 0.5) is 0 Å². The van der Waals surface area contributed by atoms with E-state index in [0.29, 0.717) is 31.6 Å². The van der Waals surface area contributed by atoms with Crippen molar-refractivity contribution in [1.82, 2.24) is 0 Å². The van der Waals surface area contributed by atoms with Crippen molar-refractivity contribution in [2.75, 3.05) is 39.6 Å². The monoisotopic (exact) mass is 1540 g/mol. The van der Waals surface area contributed by atoms with Crippen molar-refractivity contribution in [2.45, 2.75) is 465 Å². The van der Waals surface area contributed by atoms with Gasteiger partial charge in [0.25, 0.3) is 0 Å². The summed E-state index contributed by atoms with van der Waals surface area (Å²) >= 11 is 0. The van der Waals surface area contributed by atoms with Gasteiger partial charge in [-0.3, -0.25) is 37.3 Å². The van der Waals surface area contributed by atoms with E-state index in [-0.39, 0.29) is 25.7 Å². The fourth-order valence-corrected chi connectivity index (χ4v) is 14.8. The molecule has 17 nitrogen and oxygen atoms in total. The van der Waals surface area contributed by atoms with Crippen LogP contribution in [0.1, 0.15) is 447 Å². The highest BCUT2D eigenvalue weighted by Crippen LogP contribution is 2.45. The Labute approximate surface area is 645 Å². The Balaban J connectivity index is 5.14. The van der Waals surface area contributed by atoms with E-state index in [0.717, 1.165) is 114 Å². The molecule has 0 aliphatic rings. The van der Waals surface area contributed by atoms with Gasteiger partial charge in [0.05, 0.1) is 26.4 Å². The summed E-state index contributed by atoms with van der Waals surface area (Å²) < 4.78 is 68.8. The SMILES string of the molecule is CCC(C)CCCCCCCCCCCCCCCCCCCCC(=O)O[C@H](COC(=O)CCCCCCCCCCC(C)C)COP(=O)(O)OCC(O)COP(=O)(O)OC[C@@H](COC(=O)CCCCCCCCCC(C)C)OC(=O)CCCCCCCCCCCCCCCCCCCCC(C)CC. The van der Waals surface area contributed by atoms with Crippen molar-refractivity contribution in [1.29, 1.82) is 0 Å². The molecule has 0 saturated heterocycles. The lowest BCUT2D eigenvalue weighted by atomic mass is 9.99. The first kappa shape index (κ1) is 103. The third-order valence-corrected chi connectivity index (χ3v) is 22.7. The third-order valence-electron chi connectivity index (χ3n) is 20.8. The molecule has 19 heteroatoms. The van der Waals surface area contributed by atoms with Crippen molar-refractivity contribution in [2.24, 2.45) is 23.7 Å². The van der Waals surface area contributed by atoms with Crippen molar-refractivity contribution < 1.29 is 80.2 Å². The highest BCUT2D eigenvalue weighted by molar-refractivity contribution is 7.47. The summed E-state index contributed by atoms with van der Waals surface area (Å²) in [6.07, 6.45) is 64.1. The molecule has 0 saturated carbocycles. The molecule has 0 amide bonds. The highest BCUT2D eigenvalue weighted by atomic mass is 31.2. The van der Waals surface area contributed by atoms with Crippen LogP contribution in [0.15, 0.2) is 0 Å². The molecular weight excluding hydrogens is 1370 g/mol. The van der Waals surface area contributed by atoms with Crippen LogP contribution in [-0.2, 0) is 65.4 Å². The largest absolute Gasteiger partial charge is 0.472 e. The zero-order valence-electron chi connectivity index (χ0n) is 69.4. The first-order valence-electron chi connectivity index (χ1n) is 44.3. The normalized spacial score (nSPS) is 14.4. The van der Waals surface area contributed by atoms with Gasteiger partial charge in [0, 0.05) is 25.7 Å². The van der Waals surface area contributed by atoms with E-state index in [1.165, 1.54) is 244 Å². The van der Waals surface area contributed by atoms with Crippen LogP contribution in [0.2, 0.25) is 0 Å². The lowest BCUT2D eigenvalue weighted by molar-refractivity contribution is -0.161. The maximum Gasteiger partial charge on any atom is 0.472 e. The smallest absolute Gasteiger partial charge is 0.462 e. The van der Waals surface area contributed by atoms with E-state index < -0.39 is 97.5 Å². The Morgan fingerprint density at radius 3 is 0.676 bits per heavy atom. The van der Waals surface area contributed by atoms with E-state index >= 15 is 0 Å². The van der Waals surface area contributed by atoms with Gasteiger partial charge in [-0.25, -0.2) is 9.13 Å². The van der Waals surface area contributed by atoms with Gasteiger partial charge >= 0.3 is 39.5 Å². The zero-order valence-corrected chi connectivity index (χ0v) is 71.2. The Hall–Kier alpha value is -1.94. The van der Waals surface area contributed by atoms with E-state index in [4.69, 9.17) is 37.0 Å². The van der Waals surface area contributed by atoms with Gasteiger partial charge in [-0.1, -0.05) is 396 Å². The van der Waals surface area contributed by atoms with Gasteiger partial charge < -0.3 is 33.8 Å². The second-order valence-electron chi connectivity index (χ2n) is 32.4. The number of hydrogen-bond acceptors (Lipinski definition) is 15. The lowest BCUT2D eigenvalue weighted by Gasteiger charge is -2.21. The number of carbonyl (C=O) groups excluding carboxylic acids is 4. The summed E-state index contributed by atoms with van der Waals surface area (Å²) in [5.41, 5.74) is 0. The number of rotatable bonds is 83. The number of phosphoric ester groups is 2. The summed E-state index contributed by atoms with van der Waals surface area (Å²) in [6.45, 7) is 14.3. The number of hydrogen-bond donors (Lipinski definition) is 3. The molecule has 0 bridgehead atoms. The minimum atomic E-state index is -4.96. The van der Waals surface area contributed by atoms with Crippen molar-refractivity contribution in [3.8, 4) is 0 Å². The molecule has 0 aromatic rings. The maximum absolute atomic E-state index is 13.1. The molecule has 0 spiro atoms. The molecule has 0 aromatic heterocycles. The summed E-state index contributed by atoms with van der Waals surface area (Å²) in [4.78, 5) is 73.1. The van der Waals surface area contributed by atoms with E-state index in [2.05, 4.69) is 55.4 Å². The molecule has 3 N–H and O–H groups in total. The molecule has 105 heavy (non-hydrogen) atoms. The Kier molecular flexibility index (Phi) is 73.4. The van der Waals surface area contributed by atoms with Crippen molar-refractivity contribution >= 4 is 39.5 Å². The Bertz CT molecular complexity index is 2050. The van der Waals surface area contributed by atoms with E-state index in [1.807, 2.05) is 0 Å². The van der Waals surface area contributed by atoms with E-state index in [9.17, 15) is 43.2 Å². The minimum Gasteiger partial charge on any atom is -0.462 e. The van der Waals surface area contributed by atoms with Crippen LogP contribution >= 0.6 is 15.6 Å². The number of aliphatic hydroxyl groups is 1. The molecule has 0 aliphatic carbocycles. The third kappa shape index (κ3) is 77.2. The predicted molar refractivity (Wildman–Crippen MR) is 432 cm³/mol. The van der Waals surface area contributed by atoms with Gasteiger partial charge in [-0.2, -0.15) is 0 Å². The summed E-state index contributed by atoms with van der Waals surface area (Å²) in [6, 6.07) is 0. The molecule has 0 heterocycles. The first-order chi connectivity index (χ1) is 50.7. The number of ether oxygens (including phenoxy) is 4. The van der Waals surface area contributed by atoms with Gasteiger partial charge in [0.2, 0.25) is 0 Å². The fraction of sp³-hybridized carbons (Fsp3) is 0.953. The highest BCUT2D eigenvalue weighted by Gasteiger charge is 2.31. The van der Waals surface area contributed by atoms with Crippen LogP contribution < -0.4 is 0 Å². The molecule has 0 aromatic carbocycles. The molecule has 0 rings (SSSR count). The van der Waals surface area contributed by atoms with Crippen LogP contribution in [0.5, 0.6) is 0 Å². The number of unbranched alkanes of at least 4 members (excludes halogenated alkanes) is 47. The summed E-state index contributed by atoms with van der Waals surface area (Å²) in [5.74, 6) is 1.06. The van der Waals surface area contributed by atoms with Crippen molar-refractivity contribution in [3.05, 3.63) is 0 Å². The van der Waals surface area contributed by atoms with Crippen LogP contribution in [0, 0.1) is 23.7 Å². The fourth-order valence-electron chi connectivity index (χ4n) is 13.3. The molecule has 0 fully saturated rings. The van der Waals surface area contributed by atoms with Gasteiger partial charge in [-0.05, 0) is 49.4 Å². The minimum absolute atomic E-state index is 0.107. The van der Waals surface area contributed by atoms with Crippen LogP contribution in [0.3, 0.4) is 0 Å². The number of phosphoric acid groups is 2. The Morgan fingerprint density at radius 2 is 0.457 bits per heavy atom. The Morgan fingerprint density at radius 1 is 0.267 bits per heavy atom. The van der Waals surface area contributed by atoms with Crippen molar-refractivity contribution in [3.63, 3.8) is 0 Å². The van der Waals surface area contributed by atoms with Gasteiger partial charge in [0.15, 0.2) is 12.2 Å². The number of esters is 4. The van der Waals surface area contributed by atoms with Crippen LogP contribution in [0.25, 0.3) is 0 Å². The molecule has 624 valence electrons. The standard InChI is InChI=1S/C86H168O17P2/c1-9-78(7)64-56-48-40-31-27-23-19-15-11-13-17-21-25-29-33-43-52-60-68-85(90)102-81(72-96-83(88)66-58-50-42-36-35-38-46-54-62-76(3)4)74-100-104(92,93)98-70-80(87)71-99-105(94,95)101-75-82(73-97-84(89)67-59-51-45-37-39-47-55-63-77(5)6)103-86(91)69-61-53-44-34-30-26-22-18-14-12-16-20-24-28-32-41-49-57-65-79(8)10-2/h76-82,87H,9-75H2,1-8H3,(H,92,93)(H,94,95)/t78?,79?,80?,81-,82-/m1/s1. The average Bonchev–Trinajstić information content (AvgIpc) is 0.927. The maximum atomic E-state index is 13.1. The molecule has 0 aliphatic heterocycles. The number of aliphatic hydroxyl groups excluding tert-OH is 1. The second-order valence-corrected chi connectivity index (χ2v) is 35.3. The second kappa shape index (κ2) is 74.8. The topological polar surface area (TPSA) is 237 Å². The van der Waals surface area contributed by atoms with Gasteiger partial charge in [-0.15, -0.1) is 0 Å². The average molecular weight is 1540 g/mol. The molecule has 5 unspecified atom stereocenters. The molecule has 0 radical (unpaired) electrons. The molecular formula is C86H168O17P2. The van der Waals surface area contributed by atoms with Gasteiger partial charge in [0.1, 0.15) is 19.3 Å². The summed E-state index contributed by atoms with van der Waals surface area (Å²) in [5, 5.41) is 10.7. The van der Waals surface area contributed by atoms with Crippen LogP contribution in [-0.4, -0.2) is 96.7 Å². The predicted octanol–water partition coefficient (Wildman–Crippen LogP) is 25.9. The quantitative estimate of drug-likeness (QED) is 0.0222. The first-order valence-corrected chi connectivity index (χ1v) is 47.3. The molecule has 7 atom stereocenters. The zero-order chi connectivity index (χ0) is 77.4. The lowest BCUT2D eigenvalue weighted by Crippen LogP contribution is -2.30. The summed E-state index contributed by atoms with van der Waals surface area (Å²) in [7, 11) is -9.93. The number of carbonyl (C=O) groups is 4.